The van der Waals surface area contributed by atoms with Gasteiger partial charge in [-0.2, -0.15) is 17.4 Å². The minimum Gasteiger partial charge on any atom is -0.330 e. The fraction of sp³-hybridized carbons (Fsp3) is 1.00. The smallest absolute Gasteiger partial charge is 0.279 e. The van der Waals surface area contributed by atoms with Crippen LogP contribution < -0.4 is 10.5 Å². The lowest BCUT2D eigenvalue weighted by molar-refractivity contribution is 0.432. The first-order chi connectivity index (χ1) is 6.47. The summed E-state index contributed by atoms with van der Waals surface area (Å²) in [7, 11) is -0.252. The zero-order chi connectivity index (χ0) is 10.8. The summed E-state index contributed by atoms with van der Waals surface area (Å²) in [6, 6.07) is 0.0207. The Labute approximate surface area is 85.8 Å². The number of nitrogens with one attached hydrogen (secondary N) is 1. The molecule has 0 aromatic carbocycles. The van der Waals surface area contributed by atoms with Gasteiger partial charge in [-0.1, -0.05) is 6.42 Å². The lowest BCUT2D eigenvalue weighted by Crippen LogP contribution is -2.45. The van der Waals surface area contributed by atoms with Gasteiger partial charge in [0.1, 0.15) is 0 Å². The van der Waals surface area contributed by atoms with Gasteiger partial charge in [-0.3, -0.25) is 0 Å². The van der Waals surface area contributed by atoms with Gasteiger partial charge >= 0.3 is 0 Å². The average molecular weight is 221 g/mol. The van der Waals surface area contributed by atoms with Crippen LogP contribution in [-0.2, 0) is 10.2 Å². The van der Waals surface area contributed by atoms with Crippen molar-refractivity contribution in [2.75, 3.05) is 20.6 Å². The second kappa shape index (κ2) is 4.57. The standard InChI is InChI=1S/C8H19N3O2S/c1-11(2)14(12,13)10-8-5-3-4-7(8)6-9/h7-8,10H,3-6,9H2,1-2H3. The van der Waals surface area contributed by atoms with Crippen LogP contribution >= 0.6 is 0 Å². The van der Waals surface area contributed by atoms with Crippen LogP contribution in [0.2, 0.25) is 0 Å². The molecule has 1 aliphatic rings. The molecule has 5 nitrogen and oxygen atoms in total. The molecule has 0 radical (unpaired) electrons. The lowest BCUT2D eigenvalue weighted by Gasteiger charge is -2.21. The van der Waals surface area contributed by atoms with E-state index in [0.29, 0.717) is 12.5 Å². The molecule has 1 rings (SSSR count). The van der Waals surface area contributed by atoms with Crippen LogP contribution in [0.5, 0.6) is 0 Å². The number of hydrogen-bond donors (Lipinski definition) is 2. The molecule has 0 spiro atoms. The van der Waals surface area contributed by atoms with Gasteiger partial charge in [-0.15, -0.1) is 0 Å². The normalized spacial score (nSPS) is 28.6. The Kier molecular flexibility index (Phi) is 3.88. The number of rotatable bonds is 4. The summed E-state index contributed by atoms with van der Waals surface area (Å²) in [4.78, 5) is 0. The predicted octanol–water partition coefficient (Wildman–Crippen LogP) is -0.490. The molecule has 14 heavy (non-hydrogen) atoms. The van der Waals surface area contributed by atoms with Gasteiger partial charge in [-0.05, 0) is 25.3 Å². The minimum absolute atomic E-state index is 0.0207. The van der Waals surface area contributed by atoms with Crippen molar-refractivity contribution < 1.29 is 8.42 Å². The molecule has 84 valence electrons. The van der Waals surface area contributed by atoms with Crippen molar-refractivity contribution in [3.05, 3.63) is 0 Å². The van der Waals surface area contributed by atoms with E-state index in [1.165, 1.54) is 18.4 Å². The monoisotopic (exact) mass is 221 g/mol. The first-order valence-corrected chi connectivity index (χ1v) is 6.31. The minimum atomic E-state index is -3.30. The zero-order valence-electron chi connectivity index (χ0n) is 8.73. The molecule has 1 aliphatic carbocycles. The summed E-state index contributed by atoms with van der Waals surface area (Å²) < 4.78 is 26.9. The average Bonchev–Trinajstić information content (AvgIpc) is 2.50. The molecule has 0 amide bonds. The van der Waals surface area contributed by atoms with E-state index in [0.717, 1.165) is 19.3 Å². The van der Waals surface area contributed by atoms with E-state index < -0.39 is 10.2 Å². The van der Waals surface area contributed by atoms with Crippen molar-refractivity contribution in [2.24, 2.45) is 11.7 Å². The molecular formula is C8H19N3O2S. The molecule has 2 atom stereocenters. The van der Waals surface area contributed by atoms with Crippen molar-refractivity contribution in [3.63, 3.8) is 0 Å². The highest BCUT2D eigenvalue weighted by Gasteiger charge is 2.30. The molecule has 0 aliphatic heterocycles. The first kappa shape index (κ1) is 11.9. The van der Waals surface area contributed by atoms with E-state index in [4.69, 9.17) is 5.73 Å². The van der Waals surface area contributed by atoms with E-state index in [-0.39, 0.29) is 6.04 Å². The van der Waals surface area contributed by atoms with Crippen LogP contribution in [0.1, 0.15) is 19.3 Å². The molecule has 0 bridgehead atoms. The highest BCUT2D eigenvalue weighted by atomic mass is 32.2. The Morgan fingerprint density at radius 2 is 2.07 bits per heavy atom. The molecule has 3 N–H and O–H groups in total. The van der Waals surface area contributed by atoms with Gasteiger partial charge < -0.3 is 5.73 Å². The van der Waals surface area contributed by atoms with Gasteiger partial charge in [0.25, 0.3) is 10.2 Å². The third-order valence-corrected chi connectivity index (χ3v) is 4.30. The Hall–Kier alpha value is -0.170. The molecule has 0 heterocycles. The summed E-state index contributed by atoms with van der Waals surface area (Å²) >= 11 is 0. The van der Waals surface area contributed by atoms with Crippen molar-refractivity contribution >= 4 is 10.2 Å². The van der Waals surface area contributed by atoms with Gasteiger partial charge in [0.05, 0.1) is 0 Å². The predicted molar refractivity (Wildman–Crippen MR) is 55.9 cm³/mol. The zero-order valence-corrected chi connectivity index (χ0v) is 9.55. The molecular weight excluding hydrogens is 202 g/mol. The van der Waals surface area contributed by atoms with Crippen molar-refractivity contribution in [1.82, 2.24) is 9.03 Å². The summed E-state index contributed by atoms with van der Waals surface area (Å²) in [6.07, 6.45) is 2.98. The van der Waals surface area contributed by atoms with E-state index in [1.54, 1.807) is 0 Å². The maximum Gasteiger partial charge on any atom is 0.279 e. The Bertz CT molecular complexity index is 276. The van der Waals surface area contributed by atoms with Gasteiger partial charge in [0, 0.05) is 20.1 Å². The topological polar surface area (TPSA) is 75.4 Å². The summed E-state index contributed by atoms with van der Waals surface area (Å²) in [5.74, 6) is 0.296. The van der Waals surface area contributed by atoms with Crippen LogP contribution in [0.25, 0.3) is 0 Å². The molecule has 0 saturated heterocycles. The Morgan fingerprint density at radius 3 is 2.57 bits per heavy atom. The van der Waals surface area contributed by atoms with Crippen LogP contribution in [0, 0.1) is 5.92 Å². The summed E-state index contributed by atoms with van der Waals surface area (Å²) in [6.45, 7) is 0.556. The largest absolute Gasteiger partial charge is 0.330 e. The molecule has 6 heteroatoms. The fourth-order valence-corrected chi connectivity index (χ4v) is 2.67. The van der Waals surface area contributed by atoms with Gasteiger partial charge in [0.15, 0.2) is 0 Å². The Morgan fingerprint density at radius 1 is 1.43 bits per heavy atom. The Balaban J connectivity index is 2.60. The van der Waals surface area contributed by atoms with Gasteiger partial charge in [-0.25, -0.2) is 0 Å². The molecule has 1 fully saturated rings. The number of nitrogens with two attached hydrogens (primary N) is 1. The van der Waals surface area contributed by atoms with E-state index in [9.17, 15) is 8.42 Å². The number of hydrogen-bond acceptors (Lipinski definition) is 3. The second-order valence-corrected chi connectivity index (χ2v) is 5.85. The van der Waals surface area contributed by atoms with Crippen molar-refractivity contribution in [2.45, 2.75) is 25.3 Å². The highest BCUT2D eigenvalue weighted by molar-refractivity contribution is 7.87. The summed E-state index contributed by atoms with van der Waals surface area (Å²) in [5, 5.41) is 0. The van der Waals surface area contributed by atoms with Crippen LogP contribution in [0.15, 0.2) is 0 Å². The molecule has 1 saturated carbocycles. The van der Waals surface area contributed by atoms with E-state index in [2.05, 4.69) is 4.72 Å². The first-order valence-electron chi connectivity index (χ1n) is 4.87. The number of nitrogens with zero attached hydrogens (tertiary/aromatic N) is 1. The lowest BCUT2D eigenvalue weighted by atomic mass is 10.1. The van der Waals surface area contributed by atoms with Crippen LogP contribution in [0.4, 0.5) is 0 Å². The van der Waals surface area contributed by atoms with Crippen molar-refractivity contribution in [1.29, 1.82) is 0 Å². The maximum atomic E-state index is 11.5. The third kappa shape index (κ3) is 2.66. The molecule has 2 unspecified atom stereocenters. The fourth-order valence-electron chi connectivity index (χ4n) is 1.77. The molecule has 0 aromatic heterocycles. The van der Waals surface area contributed by atoms with Gasteiger partial charge in [0.2, 0.25) is 0 Å². The quantitative estimate of drug-likeness (QED) is 0.672. The van der Waals surface area contributed by atoms with Crippen molar-refractivity contribution in [3.8, 4) is 0 Å². The SMILES string of the molecule is CN(C)S(=O)(=O)NC1CCCC1CN. The van der Waals surface area contributed by atoms with E-state index in [1.807, 2.05) is 0 Å². The third-order valence-electron chi connectivity index (χ3n) is 2.74. The molecule has 0 aromatic rings. The van der Waals surface area contributed by atoms with Crippen LogP contribution in [0.3, 0.4) is 0 Å². The van der Waals surface area contributed by atoms with Crippen LogP contribution in [-0.4, -0.2) is 39.4 Å². The second-order valence-electron chi connectivity index (χ2n) is 3.94. The highest BCUT2D eigenvalue weighted by Crippen LogP contribution is 2.25. The van der Waals surface area contributed by atoms with E-state index >= 15 is 0 Å². The maximum absolute atomic E-state index is 11.5. The summed E-state index contributed by atoms with van der Waals surface area (Å²) in [5.41, 5.74) is 5.57.